The van der Waals surface area contributed by atoms with Crippen LogP contribution in [0.2, 0.25) is 0 Å². The van der Waals surface area contributed by atoms with Crippen LogP contribution >= 0.6 is 11.3 Å². The highest BCUT2D eigenvalue weighted by atomic mass is 32.1. The number of carbonyl (C=O) groups is 1. The molecule has 1 aliphatic heterocycles. The third-order valence-corrected chi connectivity index (χ3v) is 5.74. The molecule has 0 saturated carbocycles. The van der Waals surface area contributed by atoms with Crippen LogP contribution in [0.1, 0.15) is 31.2 Å². The summed E-state index contributed by atoms with van der Waals surface area (Å²) in [5.41, 5.74) is 2.54. The highest BCUT2D eigenvalue weighted by Gasteiger charge is 2.14. The lowest BCUT2D eigenvalue weighted by Gasteiger charge is -2.11. The van der Waals surface area contributed by atoms with E-state index in [1.807, 2.05) is 62.4 Å². The lowest BCUT2D eigenvalue weighted by atomic mass is 10.1. The molecule has 0 atom stereocenters. The average Bonchev–Trinajstić information content (AvgIpc) is 3.35. The van der Waals surface area contributed by atoms with Crippen LogP contribution in [0.3, 0.4) is 0 Å². The Kier molecular flexibility index (Phi) is 5.77. The number of hydrogen-bond acceptors (Lipinski definition) is 6. The van der Waals surface area contributed by atoms with Crippen molar-refractivity contribution in [3.05, 3.63) is 75.0 Å². The third-order valence-electron chi connectivity index (χ3n) is 4.78. The van der Waals surface area contributed by atoms with Crippen molar-refractivity contribution >= 4 is 23.2 Å². The Labute approximate surface area is 179 Å². The smallest absolute Gasteiger partial charge is 0.231 e. The SMILES string of the molecule is COc1ccc(/C=C/C(=O)c2cc(C)sc2C)cc1COc1ccc2c(c1)OCO2. The first-order valence-corrected chi connectivity index (χ1v) is 10.3. The molecule has 0 fully saturated rings. The van der Waals surface area contributed by atoms with Crippen molar-refractivity contribution in [1.29, 1.82) is 0 Å². The maximum Gasteiger partial charge on any atom is 0.231 e. The Morgan fingerprint density at radius 1 is 1.10 bits per heavy atom. The summed E-state index contributed by atoms with van der Waals surface area (Å²) in [5.74, 6) is 2.80. The largest absolute Gasteiger partial charge is 0.496 e. The van der Waals surface area contributed by atoms with E-state index in [0.717, 1.165) is 32.2 Å². The molecule has 30 heavy (non-hydrogen) atoms. The average molecular weight is 423 g/mol. The molecule has 3 aromatic rings. The Bertz CT molecular complexity index is 1110. The maximum atomic E-state index is 12.5. The molecule has 6 heteroatoms. The highest BCUT2D eigenvalue weighted by Crippen LogP contribution is 2.35. The molecule has 2 aromatic carbocycles. The fourth-order valence-corrected chi connectivity index (χ4v) is 4.21. The van der Waals surface area contributed by atoms with Crippen molar-refractivity contribution in [2.45, 2.75) is 20.5 Å². The van der Waals surface area contributed by atoms with E-state index in [1.54, 1.807) is 24.5 Å². The molecule has 0 unspecified atom stereocenters. The van der Waals surface area contributed by atoms with E-state index < -0.39 is 0 Å². The fraction of sp³-hybridized carbons (Fsp3) is 0.208. The lowest BCUT2D eigenvalue weighted by molar-refractivity contribution is 0.104. The van der Waals surface area contributed by atoms with Crippen LogP contribution in [-0.2, 0) is 6.61 Å². The zero-order chi connectivity index (χ0) is 21.1. The van der Waals surface area contributed by atoms with E-state index in [2.05, 4.69) is 0 Å². The Morgan fingerprint density at radius 2 is 1.93 bits per heavy atom. The summed E-state index contributed by atoms with van der Waals surface area (Å²) in [6, 6.07) is 13.2. The molecule has 4 rings (SSSR count). The van der Waals surface area contributed by atoms with Crippen LogP contribution in [0, 0.1) is 13.8 Å². The Hall–Kier alpha value is -3.25. The number of ether oxygens (including phenoxy) is 4. The van der Waals surface area contributed by atoms with Crippen LogP contribution in [0.5, 0.6) is 23.0 Å². The van der Waals surface area contributed by atoms with Crippen molar-refractivity contribution < 1.29 is 23.7 Å². The van der Waals surface area contributed by atoms with Crippen LogP contribution in [-0.4, -0.2) is 19.7 Å². The molecule has 2 heterocycles. The number of benzene rings is 2. The minimum Gasteiger partial charge on any atom is -0.496 e. The van der Waals surface area contributed by atoms with Gasteiger partial charge >= 0.3 is 0 Å². The van der Waals surface area contributed by atoms with Gasteiger partial charge in [0.05, 0.1) is 7.11 Å². The normalized spacial score (nSPS) is 12.4. The number of methoxy groups -OCH3 is 1. The summed E-state index contributed by atoms with van der Waals surface area (Å²) in [5, 5.41) is 0. The van der Waals surface area contributed by atoms with E-state index in [0.29, 0.717) is 23.9 Å². The van der Waals surface area contributed by atoms with E-state index in [4.69, 9.17) is 18.9 Å². The van der Waals surface area contributed by atoms with Crippen molar-refractivity contribution in [2.24, 2.45) is 0 Å². The predicted molar refractivity (Wildman–Crippen MR) is 117 cm³/mol. The third kappa shape index (κ3) is 4.33. The maximum absolute atomic E-state index is 12.5. The van der Waals surface area contributed by atoms with Gasteiger partial charge in [-0.25, -0.2) is 0 Å². The topological polar surface area (TPSA) is 54.0 Å². The van der Waals surface area contributed by atoms with Gasteiger partial charge in [-0.1, -0.05) is 12.1 Å². The minimum atomic E-state index is 0.00540. The van der Waals surface area contributed by atoms with Gasteiger partial charge in [-0.3, -0.25) is 4.79 Å². The highest BCUT2D eigenvalue weighted by molar-refractivity contribution is 7.12. The second-order valence-electron chi connectivity index (χ2n) is 6.90. The van der Waals surface area contributed by atoms with Gasteiger partial charge in [0.25, 0.3) is 0 Å². The van der Waals surface area contributed by atoms with Gasteiger partial charge < -0.3 is 18.9 Å². The number of thiophene rings is 1. The first-order chi connectivity index (χ1) is 14.5. The fourth-order valence-electron chi connectivity index (χ4n) is 3.28. The molecule has 1 aromatic heterocycles. The van der Waals surface area contributed by atoms with Crippen molar-refractivity contribution in [3.8, 4) is 23.0 Å². The summed E-state index contributed by atoms with van der Waals surface area (Å²) >= 11 is 1.63. The second-order valence-corrected chi connectivity index (χ2v) is 8.36. The molecule has 0 amide bonds. The second kappa shape index (κ2) is 8.63. The zero-order valence-corrected chi connectivity index (χ0v) is 17.9. The van der Waals surface area contributed by atoms with Crippen molar-refractivity contribution in [3.63, 3.8) is 0 Å². The number of allylic oxidation sites excluding steroid dienone is 1. The minimum absolute atomic E-state index is 0.00540. The van der Waals surface area contributed by atoms with E-state index in [9.17, 15) is 4.79 Å². The van der Waals surface area contributed by atoms with Gasteiger partial charge in [0.1, 0.15) is 18.1 Å². The monoisotopic (exact) mass is 422 g/mol. The van der Waals surface area contributed by atoms with Crippen molar-refractivity contribution in [1.82, 2.24) is 0 Å². The van der Waals surface area contributed by atoms with Crippen LogP contribution in [0.4, 0.5) is 0 Å². The zero-order valence-electron chi connectivity index (χ0n) is 17.1. The van der Waals surface area contributed by atoms with Gasteiger partial charge in [0.2, 0.25) is 6.79 Å². The number of hydrogen-bond donors (Lipinski definition) is 0. The van der Waals surface area contributed by atoms with Gasteiger partial charge in [0, 0.05) is 26.9 Å². The summed E-state index contributed by atoms with van der Waals surface area (Å²) in [6.45, 7) is 4.53. The summed E-state index contributed by atoms with van der Waals surface area (Å²) in [7, 11) is 1.63. The van der Waals surface area contributed by atoms with Gasteiger partial charge in [0.15, 0.2) is 17.3 Å². The lowest BCUT2D eigenvalue weighted by Crippen LogP contribution is -1.99. The van der Waals surface area contributed by atoms with Gasteiger partial charge in [-0.05, 0) is 55.8 Å². The van der Waals surface area contributed by atoms with Crippen LogP contribution in [0.15, 0.2) is 48.5 Å². The van der Waals surface area contributed by atoms with Crippen molar-refractivity contribution in [2.75, 3.05) is 13.9 Å². The quantitative estimate of drug-likeness (QED) is 0.368. The van der Waals surface area contributed by atoms with Gasteiger partial charge in [-0.2, -0.15) is 0 Å². The molecule has 5 nitrogen and oxygen atoms in total. The molecule has 154 valence electrons. The first kappa shape index (κ1) is 20.0. The number of carbonyl (C=O) groups excluding carboxylic acids is 1. The molecular weight excluding hydrogens is 400 g/mol. The molecule has 0 N–H and O–H groups in total. The molecule has 0 aliphatic carbocycles. The van der Waals surface area contributed by atoms with Gasteiger partial charge in [-0.15, -0.1) is 11.3 Å². The number of fused-ring (bicyclic) bond motifs is 1. The molecule has 0 spiro atoms. The molecule has 0 saturated heterocycles. The van der Waals surface area contributed by atoms with Crippen LogP contribution in [0.25, 0.3) is 6.08 Å². The number of rotatable bonds is 7. The number of ketones is 1. The molecule has 1 aliphatic rings. The molecule has 0 bridgehead atoms. The van der Waals surface area contributed by atoms with E-state index >= 15 is 0 Å². The summed E-state index contributed by atoms with van der Waals surface area (Å²) in [4.78, 5) is 14.7. The molecular formula is C24H22O5S. The Morgan fingerprint density at radius 3 is 2.70 bits per heavy atom. The first-order valence-electron chi connectivity index (χ1n) is 9.52. The molecule has 0 radical (unpaired) electrons. The standard InChI is InChI=1S/C24H22O5S/c1-15-10-20(16(2)30-15)21(25)7-4-17-5-8-22(26-3)18(11-17)13-27-19-6-9-23-24(12-19)29-14-28-23/h4-12H,13-14H2,1-3H3/b7-4+. The van der Waals surface area contributed by atoms with E-state index in [1.165, 1.54) is 0 Å². The summed E-state index contributed by atoms with van der Waals surface area (Å²) in [6.07, 6.45) is 3.43. The van der Waals surface area contributed by atoms with E-state index in [-0.39, 0.29) is 12.6 Å². The predicted octanol–water partition coefficient (Wildman–Crippen LogP) is 5.58. The van der Waals surface area contributed by atoms with Crippen LogP contribution < -0.4 is 18.9 Å². The Balaban J connectivity index is 1.49. The summed E-state index contributed by atoms with van der Waals surface area (Å²) < 4.78 is 22.1. The number of aryl methyl sites for hydroxylation is 2.